The lowest BCUT2D eigenvalue weighted by molar-refractivity contribution is 0.461. The first kappa shape index (κ1) is 23.7. The Morgan fingerprint density at radius 2 is 2.15 bits per heavy atom. The minimum Gasteiger partial charge on any atom is -0.370 e. The number of pyridine rings is 1. The van der Waals surface area contributed by atoms with Crippen molar-refractivity contribution in [1.82, 2.24) is 19.8 Å². The minimum atomic E-state index is 0. The van der Waals surface area contributed by atoms with Crippen LogP contribution in [0.2, 0.25) is 0 Å². The van der Waals surface area contributed by atoms with Crippen molar-refractivity contribution < 1.29 is 0 Å². The van der Waals surface area contributed by atoms with Crippen molar-refractivity contribution in [3.8, 4) is 0 Å². The number of nitrogens with one attached hydrogen (secondary N) is 2. The van der Waals surface area contributed by atoms with Gasteiger partial charge in [-0.25, -0.2) is 4.98 Å². The first-order chi connectivity index (χ1) is 12.6. The highest BCUT2D eigenvalue weighted by Crippen LogP contribution is 2.15. The Morgan fingerprint density at radius 3 is 2.78 bits per heavy atom. The smallest absolute Gasteiger partial charge is 0.194 e. The molecule has 150 valence electrons. The van der Waals surface area contributed by atoms with E-state index >= 15 is 0 Å². The Hall–Kier alpha value is -1.29. The topological polar surface area (TPSA) is 57.5 Å². The molecule has 0 radical (unpaired) electrons. The highest BCUT2D eigenvalue weighted by atomic mass is 127. The van der Waals surface area contributed by atoms with E-state index < -0.39 is 0 Å². The van der Waals surface area contributed by atoms with Crippen molar-refractivity contribution >= 4 is 51.7 Å². The second-order valence-electron chi connectivity index (χ2n) is 6.20. The lowest BCUT2D eigenvalue weighted by atomic mass is 10.3. The van der Waals surface area contributed by atoms with E-state index in [2.05, 4.69) is 74.3 Å². The molecule has 6 nitrogen and oxygen atoms in total. The van der Waals surface area contributed by atoms with Crippen molar-refractivity contribution in [2.75, 3.05) is 32.0 Å². The largest absolute Gasteiger partial charge is 0.370 e. The van der Waals surface area contributed by atoms with Gasteiger partial charge < -0.3 is 20.1 Å². The molecule has 0 atom stereocenters. The number of unbranched alkanes of at least 4 members (excludes halogenated alkanes) is 1. The molecule has 0 amide bonds. The average molecular weight is 549 g/mol. The van der Waals surface area contributed by atoms with E-state index in [1.807, 2.05) is 18.2 Å². The molecular formula is C19H30BrIN6. The summed E-state index contributed by atoms with van der Waals surface area (Å²) in [6.45, 7) is 5.50. The lowest BCUT2D eigenvalue weighted by Gasteiger charge is -2.22. The second kappa shape index (κ2) is 13.0. The number of halogens is 2. The Labute approximate surface area is 188 Å². The van der Waals surface area contributed by atoms with E-state index in [0.717, 1.165) is 55.3 Å². The molecular weight excluding hydrogens is 519 g/mol. The molecule has 0 aliphatic carbocycles. The molecule has 2 N–H and O–H groups in total. The zero-order valence-corrected chi connectivity index (χ0v) is 20.2. The minimum absolute atomic E-state index is 0. The maximum Gasteiger partial charge on any atom is 0.194 e. The van der Waals surface area contributed by atoms with E-state index in [9.17, 15) is 0 Å². The fourth-order valence-electron chi connectivity index (χ4n) is 2.62. The van der Waals surface area contributed by atoms with E-state index in [0.29, 0.717) is 0 Å². The summed E-state index contributed by atoms with van der Waals surface area (Å²) in [5.41, 5.74) is 1.24. The lowest BCUT2D eigenvalue weighted by Crippen LogP contribution is -2.38. The van der Waals surface area contributed by atoms with Gasteiger partial charge in [0.15, 0.2) is 5.96 Å². The summed E-state index contributed by atoms with van der Waals surface area (Å²) < 4.78 is 3.23. The van der Waals surface area contributed by atoms with Crippen molar-refractivity contribution in [2.45, 2.75) is 26.3 Å². The molecule has 2 aromatic heterocycles. The average Bonchev–Trinajstić information content (AvgIpc) is 2.94. The van der Waals surface area contributed by atoms with E-state index in [1.54, 1.807) is 6.20 Å². The number of aliphatic imine (C=N–C) groups is 1. The molecule has 0 bridgehead atoms. The maximum absolute atomic E-state index is 4.76. The fourth-order valence-corrected chi connectivity index (χ4v) is 3.19. The number of anilines is 1. The van der Waals surface area contributed by atoms with Gasteiger partial charge in [0.2, 0.25) is 0 Å². The molecule has 0 aliphatic heterocycles. The van der Waals surface area contributed by atoms with Gasteiger partial charge in [0.1, 0.15) is 5.82 Å². The van der Waals surface area contributed by atoms with Gasteiger partial charge in [0, 0.05) is 56.3 Å². The monoisotopic (exact) mass is 548 g/mol. The van der Waals surface area contributed by atoms with Crippen LogP contribution in [-0.4, -0.2) is 47.1 Å². The Bertz CT molecular complexity index is 689. The fraction of sp³-hybridized carbons (Fsp3) is 0.474. The normalized spacial score (nSPS) is 11.0. The number of aromatic nitrogens is 2. The number of aryl methyl sites for hydroxylation is 1. The molecule has 2 rings (SSSR count). The molecule has 0 saturated carbocycles. The molecule has 8 heteroatoms. The van der Waals surface area contributed by atoms with E-state index in [-0.39, 0.29) is 24.0 Å². The third-order valence-corrected chi connectivity index (χ3v) is 4.42. The van der Waals surface area contributed by atoms with Gasteiger partial charge in [0.25, 0.3) is 0 Å². The zero-order valence-electron chi connectivity index (χ0n) is 16.3. The van der Waals surface area contributed by atoms with E-state index in [4.69, 9.17) is 4.99 Å². The first-order valence-corrected chi connectivity index (χ1v) is 9.84. The molecule has 2 heterocycles. The summed E-state index contributed by atoms with van der Waals surface area (Å²) >= 11 is 3.53. The molecule has 27 heavy (non-hydrogen) atoms. The van der Waals surface area contributed by atoms with Crippen LogP contribution in [0.25, 0.3) is 0 Å². The molecule has 0 saturated heterocycles. The summed E-state index contributed by atoms with van der Waals surface area (Å²) in [5.74, 6) is 1.88. The summed E-state index contributed by atoms with van der Waals surface area (Å²) in [6, 6.07) is 8.04. The molecule has 0 aromatic carbocycles. The van der Waals surface area contributed by atoms with Gasteiger partial charge in [-0.1, -0.05) is 6.07 Å². The van der Waals surface area contributed by atoms with Crippen molar-refractivity contribution in [2.24, 2.45) is 12.0 Å². The standard InChI is InChI=1S/C19H29BrN6.HI/c1-4-21-19(26(3)15-17-13-16(20)14-25(17)2)24-12-8-7-11-23-18-9-5-6-10-22-18;/h5-6,9-10,13-14H,4,7-8,11-12,15H2,1-3H3,(H,21,24)(H,22,23);1H. The van der Waals surface area contributed by atoms with Crippen LogP contribution >= 0.6 is 39.9 Å². The van der Waals surface area contributed by atoms with E-state index in [1.165, 1.54) is 5.69 Å². The van der Waals surface area contributed by atoms with Gasteiger partial charge in [-0.15, -0.1) is 24.0 Å². The SMILES string of the molecule is CCNC(=NCCCCNc1ccccn1)N(C)Cc1cc(Br)cn1C.I. The number of guanidine groups is 1. The highest BCUT2D eigenvalue weighted by Gasteiger charge is 2.09. The highest BCUT2D eigenvalue weighted by molar-refractivity contribution is 14.0. The van der Waals surface area contributed by atoms with Gasteiger partial charge in [-0.05, 0) is 53.9 Å². The van der Waals surface area contributed by atoms with Crippen LogP contribution in [-0.2, 0) is 13.6 Å². The van der Waals surface area contributed by atoms with Crippen molar-refractivity contribution in [1.29, 1.82) is 0 Å². The van der Waals surface area contributed by atoms with Crippen LogP contribution in [0.1, 0.15) is 25.5 Å². The first-order valence-electron chi connectivity index (χ1n) is 9.05. The molecule has 0 fully saturated rings. The van der Waals surface area contributed by atoms with Gasteiger partial charge in [-0.2, -0.15) is 0 Å². The maximum atomic E-state index is 4.76. The summed E-state index contributed by atoms with van der Waals surface area (Å²) in [6.07, 6.45) is 5.98. The van der Waals surface area contributed by atoms with Crippen molar-refractivity contribution in [3.05, 3.63) is 46.8 Å². The Kier molecular flexibility index (Phi) is 11.4. The van der Waals surface area contributed by atoms with Gasteiger partial charge in [-0.3, -0.25) is 4.99 Å². The number of hydrogen-bond acceptors (Lipinski definition) is 3. The van der Waals surface area contributed by atoms with Gasteiger partial charge in [0.05, 0.1) is 6.54 Å². The van der Waals surface area contributed by atoms with Crippen molar-refractivity contribution in [3.63, 3.8) is 0 Å². The van der Waals surface area contributed by atoms with Gasteiger partial charge >= 0.3 is 0 Å². The third-order valence-electron chi connectivity index (χ3n) is 3.99. The molecule has 2 aromatic rings. The van der Waals surface area contributed by atoms with Crippen LogP contribution in [0.3, 0.4) is 0 Å². The molecule has 0 aliphatic rings. The predicted molar refractivity (Wildman–Crippen MR) is 128 cm³/mol. The number of nitrogens with zero attached hydrogens (tertiary/aromatic N) is 4. The Balaban J connectivity index is 0.00000364. The quantitative estimate of drug-likeness (QED) is 0.214. The molecule has 0 unspecified atom stereocenters. The summed E-state index contributed by atoms with van der Waals surface area (Å²) in [4.78, 5) is 11.2. The number of rotatable bonds is 9. The predicted octanol–water partition coefficient (Wildman–Crippen LogP) is 4.09. The summed E-state index contributed by atoms with van der Waals surface area (Å²) in [7, 11) is 4.14. The van der Waals surface area contributed by atoms with Crippen LogP contribution in [0.5, 0.6) is 0 Å². The van der Waals surface area contributed by atoms with Crippen LogP contribution in [0.4, 0.5) is 5.82 Å². The van der Waals surface area contributed by atoms with Crippen LogP contribution < -0.4 is 10.6 Å². The molecule has 0 spiro atoms. The van der Waals surface area contributed by atoms with Crippen LogP contribution in [0.15, 0.2) is 46.1 Å². The third kappa shape index (κ3) is 8.50. The summed E-state index contributed by atoms with van der Waals surface area (Å²) in [5, 5.41) is 6.70. The zero-order chi connectivity index (χ0) is 18.8. The number of hydrogen-bond donors (Lipinski definition) is 2. The van der Waals surface area contributed by atoms with Crippen LogP contribution in [0, 0.1) is 0 Å². The Morgan fingerprint density at radius 1 is 1.33 bits per heavy atom. The second-order valence-corrected chi connectivity index (χ2v) is 7.12.